The average Bonchev–Trinajstić information content (AvgIpc) is 3.13. The third-order valence-corrected chi connectivity index (χ3v) is 4.62. The lowest BCUT2D eigenvalue weighted by Crippen LogP contribution is -2.44. The van der Waals surface area contributed by atoms with Gasteiger partial charge in [0.25, 0.3) is 0 Å². The molecule has 2 aromatic rings. The smallest absolute Gasteiger partial charge is 0.213 e. The van der Waals surface area contributed by atoms with Crippen molar-refractivity contribution in [2.75, 3.05) is 25.0 Å². The quantitative estimate of drug-likeness (QED) is 0.573. The predicted octanol–water partition coefficient (Wildman–Crippen LogP) is 3.09. The van der Waals surface area contributed by atoms with Crippen LogP contribution in [0.4, 0.5) is 14.5 Å². The van der Waals surface area contributed by atoms with Crippen LogP contribution in [-0.2, 0) is 6.54 Å². The first-order valence-electron chi connectivity index (χ1n) is 9.74. The molecule has 0 aliphatic carbocycles. The molecule has 1 aromatic heterocycles. The lowest BCUT2D eigenvalue weighted by Gasteiger charge is -2.21. The Morgan fingerprint density at radius 1 is 1.28 bits per heavy atom. The molecule has 1 atom stereocenters. The molecule has 29 heavy (non-hydrogen) atoms. The zero-order chi connectivity index (χ0) is 20.8. The molecule has 1 aromatic carbocycles. The maximum absolute atomic E-state index is 14.0. The molecule has 0 bridgehead atoms. The van der Waals surface area contributed by atoms with Crippen LogP contribution in [0, 0.1) is 11.6 Å². The summed E-state index contributed by atoms with van der Waals surface area (Å²) in [5.41, 5.74) is 1.03. The molecule has 0 amide bonds. The number of guanidine groups is 1. The van der Waals surface area contributed by atoms with Gasteiger partial charge in [0.2, 0.25) is 5.88 Å². The summed E-state index contributed by atoms with van der Waals surface area (Å²) >= 11 is 0. The molecule has 1 fully saturated rings. The Labute approximate surface area is 170 Å². The van der Waals surface area contributed by atoms with Crippen LogP contribution in [0.25, 0.3) is 0 Å². The van der Waals surface area contributed by atoms with Crippen LogP contribution >= 0.6 is 0 Å². The number of aliphatic imine (C=N–C) groups is 1. The van der Waals surface area contributed by atoms with E-state index in [9.17, 15) is 8.78 Å². The van der Waals surface area contributed by atoms with E-state index < -0.39 is 11.6 Å². The van der Waals surface area contributed by atoms with Crippen LogP contribution in [0.2, 0.25) is 0 Å². The summed E-state index contributed by atoms with van der Waals surface area (Å²) in [5.74, 6) is 0.155. The molecule has 156 valence electrons. The van der Waals surface area contributed by atoms with Crippen molar-refractivity contribution in [3.63, 3.8) is 0 Å². The fourth-order valence-electron chi connectivity index (χ4n) is 3.27. The predicted molar refractivity (Wildman–Crippen MR) is 110 cm³/mol. The van der Waals surface area contributed by atoms with Gasteiger partial charge in [0.05, 0.1) is 6.10 Å². The van der Waals surface area contributed by atoms with Gasteiger partial charge in [-0.25, -0.2) is 13.8 Å². The van der Waals surface area contributed by atoms with Crippen LogP contribution in [0.3, 0.4) is 0 Å². The van der Waals surface area contributed by atoms with E-state index in [0.29, 0.717) is 31.5 Å². The number of aromatic nitrogens is 1. The van der Waals surface area contributed by atoms with Crippen molar-refractivity contribution in [3.8, 4) is 5.88 Å². The second-order valence-corrected chi connectivity index (χ2v) is 7.24. The topological polar surface area (TPSA) is 61.8 Å². The van der Waals surface area contributed by atoms with Gasteiger partial charge in [-0.1, -0.05) is 12.1 Å². The number of pyridine rings is 1. The number of rotatable bonds is 6. The number of para-hydroxylation sites is 1. The molecule has 2 N–H and O–H groups in total. The molecule has 2 heterocycles. The summed E-state index contributed by atoms with van der Waals surface area (Å²) in [6, 6.07) is 7.77. The third kappa shape index (κ3) is 5.56. The summed E-state index contributed by atoms with van der Waals surface area (Å²) in [6.45, 7) is 5.54. The highest BCUT2D eigenvalue weighted by molar-refractivity contribution is 5.80. The second kappa shape index (κ2) is 9.54. The van der Waals surface area contributed by atoms with Gasteiger partial charge in [0.15, 0.2) is 5.96 Å². The minimum Gasteiger partial charge on any atom is -0.475 e. The Bertz CT molecular complexity index is 821. The van der Waals surface area contributed by atoms with Gasteiger partial charge in [-0.05, 0) is 38.0 Å². The fourth-order valence-corrected chi connectivity index (χ4v) is 3.27. The zero-order valence-corrected chi connectivity index (χ0v) is 17.0. The number of hydrogen-bond acceptors (Lipinski definition) is 4. The van der Waals surface area contributed by atoms with Gasteiger partial charge < -0.3 is 20.3 Å². The molecule has 3 rings (SSSR count). The molecule has 1 aliphatic heterocycles. The Balaban J connectivity index is 1.52. The molecular formula is C21H27F2N5O. The Kier molecular flexibility index (Phi) is 6.85. The minimum absolute atomic E-state index is 0.0366. The summed E-state index contributed by atoms with van der Waals surface area (Å²) in [6.07, 6.45) is 2.60. The van der Waals surface area contributed by atoms with Crippen LogP contribution in [0.1, 0.15) is 25.8 Å². The first-order valence-corrected chi connectivity index (χ1v) is 9.74. The number of ether oxygens (including phenoxy) is 1. The van der Waals surface area contributed by atoms with Crippen LogP contribution in [-0.4, -0.2) is 43.2 Å². The Morgan fingerprint density at radius 2 is 2.03 bits per heavy atom. The molecule has 1 unspecified atom stereocenters. The number of nitrogens with zero attached hydrogens (tertiary/aromatic N) is 3. The monoisotopic (exact) mass is 403 g/mol. The van der Waals surface area contributed by atoms with Gasteiger partial charge in [-0.15, -0.1) is 0 Å². The third-order valence-electron chi connectivity index (χ3n) is 4.62. The van der Waals surface area contributed by atoms with Crippen molar-refractivity contribution in [3.05, 3.63) is 53.7 Å². The van der Waals surface area contributed by atoms with Crippen LogP contribution in [0.5, 0.6) is 5.88 Å². The zero-order valence-electron chi connectivity index (χ0n) is 17.0. The van der Waals surface area contributed by atoms with E-state index in [2.05, 4.69) is 20.6 Å². The fraction of sp³-hybridized carbons (Fsp3) is 0.429. The van der Waals surface area contributed by atoms with Crippen LogP contribution in [0.15, 0.2) is 41.5 Å². The van der Waals surface area contributed by atoms with Crippen molar-refractivity contribution in [2.24, 2.45) is 4.99 Å². The molecule has 0 saturated carbocycles. The van der Waals surface area contributed by atoms with Crippen molar-refractivity contribution < 1.29 is 13.5 Å². The van der Waals surface area contributed by atoms with Gasteiger partial charge in [-0.3, -0.25) is 4.99 Å². The molecular weight excluding hydrogens is 376 g/mol. The van der Waals surface area contributed by atoms with Gasteiger partial charge >= 0.3 is 0 Å². The molecule has 0 spiro atoms. The Hall–Kier alpha value is -2.90. The highest BCUT2D eigenvalue weighted by Crippen LogP contribution is 2.26. The average molecular weight is 403 g/mol. The second-order valence-electron chi connectivity index (χ2n) is 7.24. The largest absolute Gasteiger partial charge is 0.475 e. The first kappa shape index (κ1) is 20.8. The van der Waals surface area contributed by atoms with Crippen LogP contribution < -0.4 is 20.3 Å². The van der Waals surface area contributed by atoms with Crippen molar-refractivity contribution in [2.45, 2.75) is 39.0 Å². The number of benzene rings is 1. The minimum atomic E-state index is -0.537. The first-order chi connectivity index (χ1) is 14.0. The summed E-state index contributed by atoms with van der Waals surface area (Å²) < 4.78 is 33.6. The number of nitrogens with one attached hydrogen (secondary N) is 2. The standard InChI is InChI=1S/C21H27F2N5O/c1-14(2)29-19-8-7-15(11-25-19)12-26-21(24-3)27-16-9-10-28(13-16)20-17(22)5-4-6-18(20)23/h4-8,11,14,16H,9-10,12-13H2,1-3H3,(H2,24,26,27). The highest BCUT2D eigenvalue weighted by atomic mass is 19.1. The number of hydrogen-bond donors (Lipinski definition) is 2. The number of anilines is 1. The maximum atomic E-state index is 14.0. The summed E-state index contributed by atoms with van der Waals surface area (Å²) in [4.78, 5) is 10.3. The summed E-state index contributed by atoms with van der Waals surface area (Å²) in [7, 11) is 1.69. The van der Waals surface area contributed by atoms with Gasteiger partial charge in [0, 0.05) is 45.0 Å². The van der Waals surface area contributed by atoms with E-state index in [1.807, 2.05) is 26.0 Å². The molecule has 1 saturated heterocycles. The SMILES string of the molecule is CN=C(NCc1ccc(OC(C)C)nc1)NC1CCN(c2c(F)cccc2F)C1. The molecule has 0 radical (unpaired) electrons. The normalized spacial score (nSPS) is 17.0. The highest BCUT2D eigenvalue weighted by Gasteiger charge is 2.27. The van der Waals surface area contributed by atoms with Crippen molar-refractivity contribution in [1.29, 1.82) is 0 Å². The lowest BCUT2D eigenvalue weighted by molar-refractivity contribution is 0.232. The molecule has 8 heteroatoms. The van der Waals surface area contributed by atoms with E-state index in [1.54, 1.807) is 18.1 Å². The van der Waals surface area contributed by atoms with Crippen molar-refractivity contribution in [1.82, 2.24) is 15.6 Å². The van der Waals surface area contributed by atoms with E-state index in [0.717, 1.165) is 12.0 Å². The number of halogens is 2. The van der Waals surface area contributed by atoms with E-state index in [4.69, 9.17) is 4.74 Å². The molecule has 6 nitrogen and oxygen atoms in total. The Morgan fingerprint density at radius 3 is 2.66 bits per heavy atom. The van der Waals surface area contributed by atoms with E-state index in [-0.39, 0.29) is 17.8 Å². The van der Waals surface area contributed by atoms with Gasteiger partial charge in [-0.2, -0.15) is 0 Å². The van der Waals surface area contributed by atoms with E-state index >= 15 is 0 Å². The van der Waals surface area contributed by atoms with E-state index in [1.165, 1.54) is 18.2 Å². The summed E-state index contributed by atoms with van der Waals surface area (Å²) in [5, 5.41) is 6.56. The van der Waals surface area contributed by atoms with Gasteiger partial charge in [0.1, 0.15) is 17.3 Å². The molecule has 1 aliphatic rings. The maximum Gasteiger partial charge on any atom is 0.213 e. The van der Waals surface area contributed by atoms with Crippen molar-refractivity contribution >= 4 is 11.6 Å². The lowest BCUT2D eigenvalue weighted by atomic mass is 10.2.